The molecule has 3 nitrogen and oxygen atoms in total. The van der Waals surface area contributed by atoms with Crippen LogP contribution in [0.15, 0.2) is 0 Å². The van der Waals surface area contributed by atoms with E-state index < -0.39 is 0 Å². The molecule has 0 aromatic heterocycles. The van der Waals surface area contributed by atoms with Crippen LogP contribution >= 0.6 is 0 Å². The molecule has 0 aliphatic carbocycles. The van der Waals surface area contributed by atoms with Crippen LogP contribution in [0.3, 0.4) is 0 Å². The lowest BCUT2D eigenvalue weighted by Gasteiger charge is -2.39. The summed E-state index contributed by atoms with van der Waals surface area (Å²) in [5.41, 5.74) is -0.0990. The van der Waals surface area contributed by atoms with Crippen LogP contribution in [0.5, 0.6) is 0 Å². The van der Waals surface area contributed by atoms with Gasteiger partial charge in [-0.1, -0.05) is 0 Å². The van der Waals surface area contributed by atoms with Crippen LogP contribution < -0.4 is 5.32 Å². The Morgan fingerprint density at radius 1 is 1.50 bits per heavy atom. The summed E-state index contributed by atoms with van der Waals surface area (Å²) >= 11 is 0. The molecule has 3 heteroatoms. The number of rotatable bonds is 1. The molecule has 1 rings (SSSR count). The predicted molar refractivity (Wildman–Crippen MR) is 40.9 cm³/mol. The summed E-state index contributed by atoms with van der Waals surface area (Å²) in [5.74, 6) is 0. The van der Waals surface area contributed by atoms with Gasteiger partial charge < -0.3 is 10.1 Å². The van der Waals surface area contributed by atoms with Gasteiger partial charge in [0, 0.05) is 13.1 Å². The average molecular weight is 144 g/mol. The standard InChI is InChI=1S/C7H16N2O/c1-7(9(2)3)6-8-4-5-10-7/h8H,4-6H2,1-3H3. The lowest BCUT2D eigenvalue weighted by Crippen LogP contribution is -2.56. The Labute approximate surface area is 62.3 Å². The maximum atomic E-state index is 5.59. The number of morpholine rings is 1. The van der Waals surface area contributed by atoms with Crippen LogP contribution in [0.1, 0.15) is 6.92 Å². The van der Waals surface area contributed by atoms with E-state index in [9.17, 15) is 0 Å². The molecule has 1 heterocycles. The minimum atomic E-state index is -0.0990. The molecule has 1 fully saturated rings. The first-order valence-corrected chi connectivity index (χ1v) is 3.67. The molecule has 0 spiro atoms. The van der Waals surface area contributed by atoms with Crippen molar-refractivity contribution in [3.63, 3.8) is 0 Å². The van der Waals surface area contributed by atoms with Gasteiger partial charge in [-0.25, -0.2) is 0 Å². The molecule has 1 aliphatic rings. The zero-order valence-corrected chi connectivity index (χ0v) is 6.98. The summed E-state index contributed by atoms with van der Waals surface area (Å²) in [5, 5.41) is 3.29. The van der Waals surface area contributed by atoms with Crippen LogP contribution in [0.2, 0.25) is 0 Å². The van der Waals surface area contributed by atoms with Crippen LogP contribution in [-0.2, 0) is 4.74 Å². The highest BCUT2D eigenvalue weighted by Crippen LogP contribution is 2.13. The minimum Gasteiger partial charge on any atom is -0.358 e. The van der Waals surface area contributed by atoms with Gasteiger partial charge in [0.05, 0.1) is 6.61 Å². The third-order valence-electron chi connectivity index (χ3n) is 2.09. The molecule has 0 saturated carbocycles. The number of hydrogen-bond donors (Lipinski definition) is 1. The SMILES string of the molecule is CN(C)C1(C)CNCCO1. The first-order chi connectivity index (χ1) is 4.65. The number of hydrogen-bond acceptors (Lipinski definition) is 3. The fourth-order valence-corrected chi connectivity index (χ4v) is 1.00. The number of ether oxygens (including phenoxy) is 1. The van der Waals surface area contributed by atoms with Gasteiger partial charge in [-0.05, 0) is 21.0 Å². The van der Waals surface area contributed by atoms with E-state index in [0.29, 0.717) is 0 Å². The van der Waals surface area contributed by atoms with Crippen molar-refractivity contribution in [1.82, 2.24) is 10.2 Å². The van der Waals surface area contributed by atoms with Crippen molar-refractivity contribution in [3.8, 4) is 0 Å². The van der Waals surface area contributed by atoms with Crippen molar-refractivity contribution >= 4 is 0 Å². The van der Waals surface area contributed by atoms with E-state index in [2.05, 4.69) is 17.1 Å². The summed E-state index contributed by atoms with van der Waals surface area (Å²) in [4.78, 5) is 2.10. The van der Waals surface area contributed by atoms with Crippen molar-refractivity contribution in [2.24, 2.45) is 0 Å². The van der Waals surface area contributed by atoms with Crippen LogP contribution in [0.4, 0.5) is 0 Å². The lowest BCUT2D eigenvalue weighted by molar-refractivity contribution is -0.138. The van der Waals surface area contributed by atoms with E-state index in [-0.39, 0.29) is 5.72 Å². The number of likely N-dealkylation sites (N-methyl/N-ethyl adjacent to an activating group) is 1. The van der Waals surface area contributed by atoms with E-state index in [0.717, 1.165) is 19.7 Å². The molecule has 0 aromatic carbocycles. The van der Waals surface area contributed by atoms with E-state index in [4.69, 9.17) is 4.74 Å². The fourth-order valence-electron chi connectivity index (χ4n) is 1.00. The third kappa shape index (κ3) is 1.48. The van der Waals surface area contributed by atoms with E-state index in [1.807, 2.05) is 14.1 Å². The number of nitrogens with zero attached hydrogens (tertiary/aromatic N) is 1. The Hall–Kier alpha value is -0.120. The van der Waals surface area contributed by atoms with Gasteiger partial charge in [0.15, 0.2) is 0 Å². The Morgan fingerprint density at radius 3 is 2.50 bits per heavy atom. The minimum absolute atomic E-state index is 0.0990. The molecule has 0 bridgehead atoms. The van der Waals surface area contributed by atoms with Gasteiger partial charge in [0.2, 0.25) is 0 Å². The number of nitrogens with one attached hydrogen (secondary N) is 1. The second kappa shape index (κ2) is 2.86. The molecule has 0 radical (unpaired) electrons. The molecule has 1 saturated heterocycles. The molecule has 0 aromatic rings. The Morgan fingerprint density at radius 2 is 2.20 bits per heavy atom. The van der Waals surface area contributed by atoms with Crippen molar-refractivity contribution < 1.29 is 4.74 Å². The molecule has 10 heavy (non-hydrogen) atoms. The largest absolute Gasteiger partial charge is 0.358 e. The van der Waals surface area contributed by atoms with Crippen molar-refractivity contribution in [2.45, 2.75) is 12.6 Å². The Balaban J connectivity index is 2.48. The van der Waals surface area contributed by atoms with Gasteiger partial charge in [-0.15, -0.1) is 0 Å². The summed E-state index contributed by atoms with van der Waals surface area (Å²) < 4.78 is 5.59. The smallest absolute Gasteiger partial charge is 0.130 e. The zero-order valence-electron chi connectivity index (χ0n) is 6.98. The molecule has 60 valence electrons. The van der Waals surface area contributed by atoms with E-state index >= 15 is 0 Å². The highest BCUT2D eigenvalue weighted by atomic mass is 16.5. The highest BCUT2D eigenvalue weighted by molar-refractivity contribution is 4.78. The third-order valence-corrected chi connectivity index (χ3v) is 2.09. The van der Waals surface area contributed by atoms with Crippen LogP contribution in [0, 0.1) is 0 Å². The molecular formula is C7H16N2O. The summed E-state index contributed by atoms with van der Waals surface area (Å²) in [7, 11) is 4.07. The molecule has 1 aliphatic heterocycles. The van der Waals surface area contributed by atoms with Gasteiger partial charge in [0.25, 0.3) is 0 Å². The highest BCUT2D eigenvalue weighted by Gasteiger charge is 2.29. The monoisotopic (exact) mass is 144 g/mol. The molecule has 0 amide bonds. The average Bonchev–Trinajstić information content (AvgIpc) is 1.89. The Bertz CT molecular complexity index is 108. The lowest BCUT2D eigenvalue weighted by atomic mass is 10.2. The van der Waals surface area contributed by atoms with Crippen molar-refractivity contribution in [2.75, 3.05) is 33.8 Å². The topological polar surface area (TPSA) is 24.5 Å². The van der Waals surface area contributed by atoms with Crippen molar-refractivity contribution in [1.29, 1.82) is 0 Å². The zero-order chi connectivity index (χ0) is 7.61. The first-order valence-electron chi connectivity index (χ1n) is 3.67. The quantitative estimate of drug-likeness (QED) is 0.555. The first kappa shape index (κ1) is 7.98. The van der Waals surface area contributed by atoms with Crippen LogP contribution in [-0.4, -0.2) is 44.4 Å². The van der Waals surface area contributed by atoms with Crippen LogP contribution in [0.25, 0.3) is 0 Å². The second-order valence-corrected chi connectivity index (χ2v) is 3.09. The van der Waals surface area contributed by atoms with Gasteiger partial charge in [-0.2, -0.15) is 0 Å². The summed E-state index contributed by atoms with van der Waals surface area (Å²) in [6, 6.07) is 0. The maximum absolute atomic E-state index is 5.59. The summed E-state index contributed by atoms with van der Waals surface area (Å²) in [6.45, 7) is 4.80. The van der Waals surface area contributed by atoms with Gasteiger partial charge in [0.1, 0.15) is 5.72 Å². The molecule has 1 N–H and O–H groups in total. The van der Waals surface area contributed by atoms with E-state index in [1.165, 1.54) is 0 Å². The fraction of sp³-hybridized carbons (Fsp3) is 1.00. The second-order valence-electron chi connectivity index (χ2n) is 3.09. The Kier molecular flexibility index (Phi) is 2.28. The molecule has 1 unspecified atom stereocenters. The van der Waals surface area contributed by atoms with E-state index in [1.54, 1.807) is 0 Å². The van der Waals surface area contributed by atoms with Gasteiger partial charge >= 0.3 is 0 Å². The summed E-state index contributed by atoms with van der Waals surface area (Å²) in [6.07, 6.45) is 0. The van der Waals surface area contributed by atoms with Crippen molar-refractivity contribution in [3.05, 3.63) is 0 Å². The van der Waals surface area contributed by atoms with Gasteiger partial charge in [-0.3, -0.25) is 4.90 Å². The molecule has 1 atom stereocenters. The predicted octanol–water partition coefficient (Wildman–Crippen LogP) is -0.116. The maximum Gasteiger partial charge on any atom is 0.130 e. The normalized spacial score (nSPS) is 34.8. The molecular weight excluding hydrogens is 128 g/mol.